The van der Waals surface area contributed by atoms with Crippen LogP contribution in [0.15, 0.2) is 42.5 Å². The summed E-state index contributed by atoms with van der Waals surface area (Å²) in [4.78, 5) is 17.3. The van der Waals surface area contributed by atoms with Crippen molar-refractivity contribution in [2.75, 3.05) is 51.9 Å². The van der Waals surface area contributed by atoms with Crippen molar-refractivity contribution in [3.8, 4) is 17.2 Å². The van der Waals surface area contributed by atoms with Gasteiger partial charge in [0.25, 0.3) is 0 Å². The predicted molar refractivity (Wildman–Crippen MR) is 144 cm³/mol. The molecule has 7 nitrogen and oxygen atoms in total. The van der Waals surface area contributed by atoms with E-state index in [1.807, 2.05) is 34.1 Å². The van der Waals surface area contributed by atoms with Gasteiger partial charge in [-0.05, 0) is 72.8 Å². The van der Waals surface area contributed by atoms with E-state index in [1.165, 1.54) is 11.1 Å². The van der Waals surface area contributed by atoms with E-state index in [2.05, 4.69) is 30.4 Å². The van der Waals surface area contributed by atoms with Crippen LogP contribution in [0.5, 0.6) is 17.2 Å². The molecule has 194 valence electrons. The van der Waals surface area contributed by atoms with Crippen molar-refractivity contribution in [1.29, 1.82) is 0 Å². The summed E-state index contributed by atoms with van der Waals surface area (Å²) in [5.74, 6) is 2.19. The van der Waals surface area contributed by atoms with Crippen molar-refractivity contribution < 1.29 is 19.0 Å². The molecule has 0 radical (unpaired) electrons. The summed E-state index contributed by atoms with van der Waals surface area (Å²) in [6.07, 6.45) is 7.39. The summed E-state index contributed by atoms with van der Waals surface area (Å²) in [6, 6.07) is 12.1. The van der Waals surface area contributed by atoms with Crippen LogP contribution in [-0.4, -0.2) is 57.9 Å². The number of rotatable bonds is 11. The highest BCUT2D eigenvalue weighted by Crippen LogP contribution is 2.34. The maximum atomic E-state index is 13.6. The van der Waals surface area contributed by atoms with E-state index in [1.54, 1.807) is 14.2 Å². The molecular weight excluding hydrogens is 454 g/mol. The molecule has 0 atom stereocenters. The highest BCUT2D eigenvalue weighted by Gasteiger charge is 2.28. The number of carbonyl (C=O) groups is 1. The number of nitrogens with zero attached hydrogens (tertiary/aromatic N) is 2. The van der Waals surface area contributed by atoms with E-state index in [0.717, 1.165) is 68.7 Å². The normalized spacial score (nSPS) is 16.1. The molecule has 0 unspecified atom stereocenters. The quantitative estimate of drug-likeness (QED) is 0.420. The van der Waals surface area contributed by atoms with Crippen molar-refractivity contribution >= 4 is 17.3 Å². The van der Waals surface area contributed by atoms with Gasteiger partial charge in [0.1, 0.15) is 5.75 Å². The van der Waals surface area contributed by atoms with E-state index in [-0.39, 0.29) is 6.03 Å². The molecule has 0 bridgehead atoms. The third kappa shape index (κ3) is 6.32. The molecule has 0 aliphatic carbocycles. The average molecular weight is 494 g/mol. The molecular formula is C29H39N3O4. The second-order valence-corrected chi connectivity index (χ2v) is 9.35. The van der Waals surface area contributed by atoms with E-state index < -0.39 is 0 Å². The van der Waals surface area contributed by atoms with Crippen LogP contribution in [0.25, 0.3) is 5.57 Å². The van der Waals surface area contributed by atoms with E-state index in [9.17, 15) is 4.79 Å². The number of ether oxygens (including phenoxy) is 3. The van der Waals surface area contributed by atoms with Gasteiger partial charge in [0.15, 0.2) is 11.5 Å². The Morgan fingerprint density at radius 2 is 1.89 bits per heavy atom. The molecule has 0 saturated carbocycles. The third-order valence-electron chi connectivity index (χ3n) is 6.79. The summed E-state index contributed by atoms with van der Waals surface area (Å²) in [6.45, 7) is 6.62. The number of anilines is 1. The highest BCUT2D eigenvalue weighted by atomic mass is 16.5. The zero-order valence-corrected chi connectivity index (χ0v) is 21.8. The Morgan fingerprint density at radius 1 is 1.00 bits per heavy atom. The Hall–Kier alpha value is -3.19. The molecule has 36 heavy (non-hydrogen) atoms. The number of nitrogens with one attached hydrogen (secondary N) is 1. The van der Waals surface area contributed by atoms with Crippen molar-refractivity contribution in [1.82, 2.24) is 10.2 Å². The number of urea groups is 1. The molecule has 2 aliphatic rings. The zero-order chi connectivity index (χ0) is 25.3. The minimum atomic E-state index is 0.00815. The molecule has 2 heterocycles. The van der Waals surface area contributed by atoms with Crippen molar-refractivity contribution in [3.63, 3.8) is 0 Å². The summed E-state index contributed by atoms with van der Waals surface area (Å²) in [5.41, 5.74) is 4.41. The van der Waals surface area contributed by atoms with E-state index in [0.29, 0.717) is 31.2 Å². The van der Waals surface area contributed by atoms with Crippen molar-refractivity contribution in [2.45, 2.75) is 45.6 Å². The topological polar surface area (TPSA) is 63.3 Å². The maximum Gasteiger partial charge on any atom is 0.324 e. The van der Waals surface area contributed by atoms with Crippen LogP contribution in [-0.2, 0) is 6.54 Å². The van der Waals surface area contributed by atoms with E-state index in [4.69, 9.17) is 14.2 Å². The Kier molecular flexibility index (Phi) is 9.11. The zero-order valence-electron chi connectivity index (χ0n) is 21.8. The summed E-state index contributed by atoms with van der Waals surface area (Å²) < 4.78 is 17.1. The fraction of sp³-hybridized carbons (Fsp3) is 0.483. The monoisotopic (exact) mass is 493 g/mol. The number of hydrogen-bond donors (Lipinski definition) is 1. The molecule has 0 aromatic heterocycles. The van der Waals surface area contributed by atoms with Gasteiger partial charge < -0.3 is 24.4 Å². The highest BCUT2D eigenvalue weighted by molar-refractivity contribution is 5.93. The smallest absolute Gasteiger partial charge is 0.324 e. The molecule has 4 rings (SSSR count). The minimum absolute atomic E-state index is 0.00815. The number of unbranched alkanes of at least 4 members (excludes halogenated alkanes) is 2. The van der Waals surface area contributed by atoms with Crippen LogP contribution in [0.3, 0.4) is 0 Å². The SMILES string of the molecule is CCCCCOc1cc(N2CCCN(Cc3cc(OC)cc(C4=CCNCC4)c3)C2=O)ccc1OC. The van der Waals surface area contributed by atoms with Gasteiger partial charge in [0, 0.05) is 37.9 Å². The maximum absolute atomic E-state index is 13.6. The standard InChI is InChI=1S/C29H39N3O4/c1-4-5-6-16-36-28-20-25(8-9-27(28)35-3)32-15-7-14-31(29(32)33)21-22-17-24(19-26(18-22)34-2)23-10-12-30-13-11-23/h8-10,17-20,30H,4-7,11-16,21H2,1-3H3. The summed E-state index contributed by atoms with van der Waals surface area (Å²) in [7, 11) is 3.34. The first kappa shape index (κ1) is 25.9. The van der Waals surface area contributed by atoms with E-state index >= 15 is 0 Å². The molecule has 1 fully saturated rings. The van der Waals surface area contributed by atoms with Gasteiger partial charge in [-0.3, -0.25) is 4.90 Å². The summed E-state index contributed by atoms with van der Waals surface area (Å²) >= 11 is 0. The van der Waals surface area contributed by atoms with Crippen LogP contribution in [0.2, 0.25) is 0 Å². The number of benzene rings is 2. The first-order chi connectivity index (χ1) is 17.6. The Labute approximate surface area is 215 Å². The molecule has 1 N–H and O–H groups in total. The lowest BCUT2D eigenvalue weighted by molar-refractivity contribution is 0.192. The minimum Gasteiger partial charge on any atom is -0.497 e. The Morgan fingerprint density at radius 3 is 2.64 bits per heavy atom. The Bertz CT molecular complexity index is 1070. The van der Waals surface area contributed by atoms with Gasteiger partial charge in [-0.15, -0.1) is 0 Å². The lowest BCUT2D eigenvalue weighted by Gasteiger charge is -2.36. The van der Waals surface area contributed by atoms with Gasteiger partial charge in [-0.25, -0.2) is 4.79 Å². The largest absolute Gasteiger partial charge is 0.497 e. The third-order valence-corrected chi connectivity index (χ3v) is 6.79. The van der Waals surface area contributed by atoms with Crippen LogP contribution in [0.4, 0.5) is 10.5 Å². The first-order valence-electron chi connectivity index (χ1n) is 13.1. The second kappa shape index (κ2) is 12.7. The van der Waals surface area contributed by atoms with Gasteiger partial charge in [-0.2, -0.15) is 0 Å². The van der Waals surface area contributed by atoms with Crippen LogP contribution >= 0.6 is 0 Å². The molecule has 2 aromatic rings. The second-order valence-electron chi connectivity index (χ2n) is 9.35. The number of carbonyl (C=O) groups excluding carboxylic acids is 1. The number of amides is 2. The van der Waals surface area contributed by atoms with Gasteiger partial charge >= 0.3 is 6.03 Å². The van der Waals surface area contributed by atoms with Gasteiger partial charge in [-0.1, -0.05) is 25.8 Å². The van der Waals surface area contributed by atoms with Crippen molar-refractivity contribution in [3.05, 3.63) is 53.6 Å². The molecule has 7 heteroatoms. The average Bonchev–Trinajstić information content (AvgIpc) is 2.92. The first-order valence-corrected chi connectivity index (χ1v) is 13.1. The molecule has 0 spiro atoms. The van der Waals surface area contributed by atoms with Gasteiger partial charge in [0.2, 0.25) is 0 Å². The summed E-state index contributed by atoms with van der Waals surface area (Å²) in [5, 5.41) is 3.36. The lowest BCUT2D eigenvalue weighted by Crippen LogP contribution is -2.49. The fourth-order valence-corrected chi connectivity index (χ4v) is 4.81. The molecule has 2 aliphatic heterocycles. The number of methoxy groups -OCH3 is 2. The predicted octanol–water partition coefficient (Wildman–Crippen LogP) is 5.48. The van der Waals surface area contributed by atoms with Crippen LogP contribution in [0, 0.1) is 0 Å². The molecule has 2 amide bonds. The molecule has 1 saturated heterocycles. The van der Waals surface area contributed by atoms with Crippen molar-refractivity contribution in [2.24, 2.45) is 0 Å². The number of hydrogen-bond acceptors (Lipinski definition) is 5. The van der Waals surface area contributed by atoms with Crippen LogP contribution < -0.4 is 24.4 Å². The van der Waals surface area contributed by atoms with Gasteiger partial charge in [0.05, 0.1) is 20.8 Å². The fourth-order valence-electron chi connectivity index (χ4n) is 4.81. The van der Waals surface area contributed by atoms with Crippen LogP contribution in [0.1, 0.15) is 50.2 Å². The Balaban J connectivity index is 1.51. The molecule has 2 aromatic carbocycles. The lowest BCUT2D eigenvalue weighted by atomic mass is 9.97.